The first kappa shape index (κ1) is 17.2. The highest BCUT2D eigenvalue weighted by Gasteiger charge is 2.09. The van der Waals surface area contributed by atoms with Gasteiger partial charge in [0.25, 0.3) is 11.8 Å². The number of para-hydroxylation sites is 1. The van der Waals surface area contributed by atoms with Crippen molar-refractivity contribution >= 4 is 18.0 Å². The normalized spacial score (nSPS) is 10.4. The van der Waals surface area contributed by atoms with Gasteiger partial charge in [-0.1, -0.05) is 30.3 Å². The molecule has 0 bridgehead atoms. The van der Waals surface area contributed by atoms with E-state index in [4.69, 9.17) is 4.74 Å². The lowest BCUT2D eigenvalue weighted by atomic mass is 10.1. The monoisotopic (exact) mass is 325 g/mol. The van der Waals surface area contributed by atoms with Crippen molar-refractivity contribution in [1.29, 1.82) is 0 Å². The molecule has 124 valence electrons. The average Bonchev–Trinajstić information content (AvgIpc) is 2.60. The zero-order valence-electron chi connectivity index (χ0n) is 13.6. The molecule has 0 radical (unpaired) electrons. The second-order valence-corrected chi connectivity index (χ2v) is 5.03. The van der Waals surface area contributed by atoms with Crippen molar-refractivity contribution in [3.63, 3.8) is 0 Å². The van der Waals surface area contributed by atoms with Crippen LogP contribution in [0, 0.1) is 6.92 Å². The molecule has 0 aromatic heterocycles. The van der Waals surface area contributed by atoms with E-state index in [0.717, 1.165) is 11.1 Å². The lowest BCUT2D eigenvalue weighted by Gasteiger charge is -2.06. The Balaban J connectivity index is 1.84. The van der Waals surface area contributed by atoms with Gasteiger partial charge in [-0.25, -0.2) is 5.43 Å². The quantitative estimate of drug-likeness (QED) is 0.629. The molecule has 0 atom stereocenters. The van der Waals surface area contributed by atoms with E-state index >= 15 is 0 Å². The van der Waals surface area contributed by atoms with Crippen molar-refractivity contribution in [2.75, 3.05) is 13.7 Å². The fourth-order valence-electron chi connectivity index (χ4n) is 2.07. The maximum Gasteiger partial charge on any atom is 0.259 e. The standard InChI is InChI=1S/C18H19N3O3/c1-13-7-3-5-9-15(13)18(23)19-12-17(22)21-20-11-14-8-4-6-10-16(14)24-2/h3-11H,12H2,1-2H3,(H,19,23)(H,21,22)/b20-11-. The first-order valence-electron chi connectivity index (χ1n) is 7.40. The van der Waals surface area contributed by atoms with E-state index < -0.39 is 5.91 Å². The highest BCUT2D eigenvalue weighted by atomic mass is 16.5. The summed E-state index contributed by atoms with van der Waals surface area (Å²) in [6, 6.07) is 14.5. The van der Waals surface area contributed by atoms with Crippen LogP contribution >= 0.6 is 0 Å². The van der Waals surface area contributed by atoms with E-state index in [9.17, 15) is 9.59 Å². The van der Waals surface area contributed by atoms with Crippen LogP contribution in [-0.2, 0) is 4.79 Å². The highest BCUT2D eigenvalue weighted by molar-refractivity contribution is 5.97. The van der Waals surface area contributed by atoms with Crippen molar-refractivity contribution in [2.45, 2.75) is 6.92 Å². The number of nitrogens with zero attached hydrogens (tertiary/aromatic N) is 1. The van der Waals surface area contributed by atoms with Gasteiger partial charge in [-0.3, -0.25) is 9.59 Å². The smallest absolute Gasteiger partial charge is 0.259 e. The molecule has 0 unspecified atom stereocenters. The first-order chi connectivity index (χ1) is 11.6. The number of carbonyl (C=O) groups excluding carboxylic acids is 2. The van der Waals surface area contributed by atoms with E-state index in [1.807, 2.05) is 37.3 Å². The van der Waals surface area contributed by atoms with Crippen LogP contribution in [0.5, 0.6) is 5.75 Å². The Kier molecular flexibility index (Phi) is 6.08. The molecule has 2 rings (SSSR count). The van der Waals surface area contributed by atoms with Gasteiger partial charge in [0.1, 0.15) is 5.75 Å². The Morgan fingerprint density at radius 2 is 1.83 bits per heavy atom. The zero-order chi connectivity index (χ0) is 17.4. The molecule has 0 heterocycles. The van der Waals surface area contributed by atoms with Gasteiger partial charge in [0.2, 0.25) is 0 Å². The number of ether oxygens (including phenoxy) is 1. The number of hydrazone groups is 1. The van der Waals surface area contributed by atoms with Crippen LogP contribution in [0.3, 0.4) is 0 Å². The van der Waals surface area contributed by atoms with Crippen molar-refractivity contribution in [2.24, 2.45) is 5.10 Å². The Labute approximate surface area is 140 Å². The highest BCUT2D eigenvalue weighted by Crippen LogP contribution is 2.14. The van der Waals surface area contributed by atoms with E-state index in [1.54, 1.807) is 25.3 Å². The molecule has 0 aliphatic carbocycles. The molecule has 0 spiro atoms. The molecule has 2 amide bonds. The Morgan fingerprint density at radius 1 is 1.12 bits per heavy atom. The summed E-state index contributed by atoms with van der Waals surface area (Å²) in [7, 11) is 1.56. The zero-order valence-corrected chi connectivity index (χ0v) is 13.6. The van der Waals surface area contributed by atoms with E-state index in [1.165, 1.54) is 6.21 Å². The summed E-state index contributed by atoms with van der Waals surface area (Å²) in [6.45, 7) is 1.68. The molecule has 24 heavy (non-hydrogen) atoms. The predicted molar refractivity (Wildman–Crippen MR) is 92.2 cm³/mol. The molecule has 0 saturated heterocycles. The molecule has 2 aromatic carbocycles. The first-order valence-corrected chi connectivity index (χ1v) is 7.40. The average molecular weight is 325 g/mol. The molecular weight excluding hydrogens is 306 g/mol. The largest absolute Gasteiger partial charge is 0.496 e. The van der Waals surface area contributed by atoms with Crippen molar-refractivity contribution in [3.8, 4) is 5.75 Å². The summed E-state index contributed by atoms with van der Waals surface area (Å²) >= 11 is 0. The third-order valence-corrected chi connectivity index (χ3v) is 3.33. The number of hydrogen-bond acceptors (Lipinski definition) is 4. The van der Waals surface area contributed by atoms with Crippen LogP contribution in [0.4, 0.5) is 0 Å². The molecular formula is C18H19N3O3. The third-order valence-electron chi connectivity index (χ3n) is 3.33. The van der Waals surface area contributed by atoms with Crippen LogP contribution in [0.15, 0.2) is 53.6 Å². The van der Waals surface area contributed by atoms with Crippen LogP contribution in [0.25, 0.3) is 0 Å². The second-order valence-electron chi connectivity index (χ2n) is 5.03. The Morgan fingerprint density at radius 3 is 2.58 bits per heavy atom. The maximum absolute atomic E-state index is 12.0. The minimum absolute atomic E-state index is 0.156. The van der Waals surface area contributed by atoms with Crippen molar-refractivity contribution < 1.29 is 14.3 Å². The second kappa shape index (κ2) is 8.47. The minimum Gasteiger partial charge on any atom is -0.496 e. The molecule has 0 fully saturated rings. The van der Waals surface area contributed by atoms with Gasteiger partial charge in [-0.05, 0) is 30.7 Å². The van der Waals surface area contributed by atoms with Gasteiger partial charge in [0.15, 0.2) is 0 Å². The van der Waals surface area contributed by atoms with E-state index in [2.05, 4.69) is 15.8 Å². The SMILES string of the molecule is COc1ccccc1/C=N\NC(=O)CNC(=O)c1ccccc1C. The topological polar surface area (TPSA) is 79.8 Å². The fraction of sp³-hybridized carbons (Fsp3) is 0.167. The predicted octanol–water partition coefficient (Wildman–Crippen LogP) is 1.88. The molecule has 6 nitrogen and oxygen atoms in total. The van der Waals surface area contributed by atoms with E-state index in [-0.39, 0.29) is 12.5 Å². The van der Waals surface area contributed by atoms with Gasteiger partial charge in [0, 0.05) is 11.1 Å². The van der Waals surface area contributed by atoms with Gasteiger partial charge in [0.05, 0.1) is 19.9 Å². The number of nitrogens with one attached hydrogen (secondary N) is 2. The van der Waals surface area contributed by atoms with Crippen LogP contribution in [0.2, 0.25) is 0 Å². The maximum atomic E-state index is 12.0. The number of hydrogen-bond donors (Lipinski definition) is 2. The van der Waals surface area contributed by atoms with Crippen LogP contribution in [0.1, 0.15) is 21.5 Å². The molecule has 6 heteroatoms. The van der Waals surface area contributed by atoms with E-state index in [0.29, 0.717) is 11.3 Å². The Hall–Kier alpha value is -3.15. The summed E-state index contributed by atoms with van der Waals surface area (Å²) in [5.41, 5.74) is 4.50. The molecule has 0 aliphatic rings. The Bertz CT molecular complexity index is 757. The number of amides is 2. The van der Waals surface area contributed by atoms with Crippen molar-refractivity contribution in [3.05, 3.63) is 65.2 Å². The van der Waals surface area contributed by atoms with Gasteiger partial charge in [-0.15, -0.1) is 0 Å². The van der Waals surface area contributed by atoms with Crippen LogP contribution < -0.4 is 15.5 Å². The summed E-state index contributed by atoms with van der Waals surface area (Å²) in [6.07, 6.45) is 1.49. The summed E-state index contributed by atoms with van der Waals surface area (Å²) in [5, 5.41) is 6.42. The van der Waals surface area contributed by atoms with Crippen LogP contribution in [-0.4, -0.2) is 31.7 Å². The van der Waals surface area contributed by atoms with Gasteiger partial charge in [-0.2, -0.15) is 5.10 Å². The number of methoxy groups -OCH3 is 1. The molecule has 2 aromatic rings. The molecule has 2 N–H and O–H groups in total. The lowest BCUT2D eigenvalue weighted by Crippen LogP contribution is -2.35. The third kappa shape index (κ3) is 4.67. The summed E-state index contributed by atoms with van der Waals surface area (Å²) < 4.78 is 5.18. The van der Waals surface area contributed by atoms with Gasteiger partial charge >= 0.3 is 0 Å². The number of aryl methyl sites for hydroxylation is 1. The minimum atomic E-state index is -0.414. The number of carbonyl (C=O) groups is 2. The number of rotatable bonds is 6. The molecule has 0 saturated carbocycles. The summed E-state index contributed by atoms with van der Waals surface area (Å²) in [4.78, 5) is 23.7. The number of benzene rings is 2. The summed E-state index contributed by atoms with van der Waals surface area (Å²) in [5.74, 6) is -0.0524. The van der Waals surface area contributed by atoms with Gasteiger partial charge < -0.3 is 10.1 Å². The lowest BCUT2D eigenvalue weighted by molar-refractivity contribution is -0.120. The fourth-order valence-corrected chi connectivity index (χ4v) is 2.07. The van der Waals surface area contributed by atoms with Crippen molar-refractivity contribution in [1.82, 2.24) is 10.7 Å². The molecule has 0 aliphatic heterocycles.